The number of carbonyl (C=O) groups excluding carboxylic acids is 2. The SMILES string of the molecule is CC(NC(=O)c1cc(NCCO)ncn1)c1ncc(C(=O)Nc2cc(C(F)(F)F)c(Cl)cn2)s1. The van der Waals surface area contributed by atoms with Gasteiger partial charge in [0.1, 0.15) is 33.5 Å². The summed E-state index contributed by atoms with van der Waals surface area (Å²) in [5.74, 6) is -1.21. The van der Waals surface area contributed by atoms with Crippen LogP contribution in [0.2, 0.25) is 5.02 Å². The molecule has 3 heterocycles. The summed E-state index contributed by atoms with van der Waals surface area (Å²) in [4.78, 5) is 40.7. The van der Waals surface area contributed by atoms with E-state index in [1.807, 2.05) is 0 Å². The Bertz CT molecular complexity index is 1190. The molecule has 0 bridgehead atoms. The van der Waals surface area contributed by atoms with Crippen LogP contribution in [-0.2, 0) is 6.18 Å². The van der Waals surface area contributed by atoms with Gasteiger partial charge in [-0.3, -0.25) is 9.59 Å². The predicted octanol–water partition coefficient (Wildman–Crippen LogP) is 3.15. The van der Waals surface area contributed by atoms with Gasteiger partial charge in [0.2, 0.25) is 0 Å². The zero-order valence-electron chi connectivity index (χ0n) is 17.4. The number of pyridine rings is 1. The van der Waals surface area contributed by atoms with Crippen LogP contribution >= 0.6 is 22.9 Å². The molecule has 0 saturated heterocycles. The first-order valence-electron chi connectivity index (χ1n) is 9.56. The molecule has 10 nitrogen and oxygen atoms in total. The van der Waals surface area contributed by atoms with Crippen LogP contribution < -0.4 is 16.0 Å². The Morgan fingerprint density at radius 2 is 1.88 bits per heavy atom. The van der Waals surface area contributed by atoms with E-state index in [9.17, 15) is 22.8 Å². The number of anilines is 2. The van der Waals surface area contributed by atoms with E-state index >= 15 is 0 Å². The summed E-state index contributed by atoms with van der Waals surface area (Å²) in [6.45, 7) is 1.78. The predicted molar refractivity (Wildman–Crippen MR) is 118 cm³/mol. The first-order chi connectivity index (χ1) is 16.1. The smallest absolute Gasteiger partial charge is 0.395 e. The van der Waals surface area contributed by atoms with Crippen molar-refractivity contribution in [1.82, 2.24) is 25.3 Å². The van der Waals surface area contributed by atoms with Crippen LogP contribution in [0.25, 0.3) is 0 Å². The Labute approximate surface area is 199 Å². The minimum absolute atomic E-state index is 0.0751. The Balaban J connectivity index is 1.65. The maximum Gasteiger partial charge on any atom is 0.418 e. The van der Waals surface area contributed by atoms with Crippen LogP contribution in [0, 0.1) is 0 Å². The van der Waals surface area contributed by atoms with Gasteiger partial charge < -0.3 is 21.1 Å². The third-order valence-corrected chi connectivity index (χ3v) is 5.67. The number of hydrogen-bond donors (Lipinski definition) is 4. The molecule has 2 amide bonds. The lowest BCUT2D eigenvalue weighted by Gasteiger charge is -2.11. The fourth-order valence-electron chi connectivity index (χ4n) is 2.59. The first-order valence-corrected chi connectivity index (χ1v) is 10.8. The molecule has 0 fully saturated rings. The molecular weight excluding hydrogens is 499 g/mol. The van der Waals surface area contributed by atoms with E-state index in [1.54, 1.807) is 6.92 Å². The van der Waals surface area contributed by atoms with Crippen LogP contribution in [0.3, 0.4) is 0 Å². The summed E-state index contributed by atoms with van der Waals surface area (Å²) in [7, 11) is 0. The quantitative estimate of drug-likeness (QED) is 0.358. The maximum atomic E-state index is 13.0. The lowest BCUT2D eigenvalue weighted by molar-refractivity contribution is -0.137. The molecule has 0 spiro atoms. The van der Waals surface area contributed by atoms with Crippen LogP contribution in [-0.4, -0.2) is 50.0 Å². The largest absolute Gasteiger partial charge is 0.418 e. The second-order valence-electron chi connectivity index (χ2n) is 6.70. The third kappa shape index (κ3) is 6.36. The molecular formula is C19H17ClF3N7O3S. The highest BCUT2D eigenvalue weighted by molar-refractivity contribution is 7.13. The molecule has 180 valence electrons. The number of amides is 2. The standard InChI is InChI=1S/C19H17ClF3N7O3S/c1-9(29-16(32)12-5-14(24-2-3-31)28-8-27-12)18-26-7-13(34-18)17(33)30-15-4-10(19(21,22)23)11(20)6-25-15/h4-9,31H,2-3H2,1H3,(H,29,32)(H,24,27,28)(H,25,30,33). The number of thiazole rings is 1. The van der Waals surface area contributed by atoms with E-state index in [4.69, 9.17) is 16.7 Å². The number of aliphatic hydroxyl groups is 1. The Kier molecular flexibility index (Phi) is 7.96. The molecule has 3 rings (SSSR count). The lowest BCUT2D eigenvalue weighted by atomic mass is 10.2. The highest BCUT2D eigenvalue weighted by Gasteiger charge is 2.34. The number of hydrogen-bond acceptors (Lipinski definition) is 9. The lowest BCUT2D eigenvalue weighted by Crippen LogP contribution is -2.27. The van der Waals surface area contributed by atoms with Crippen LogP contribution in [0.1, 0.15) is 43.7 Å². The van der Waals surface area contributed by atoms with E-state index in [2.05, 4.69) is 35.9 Å². The number of halogens is 4. The van der Waals surface area contributed by atoms with E-state index in [0.29, 0.717) is 16.9 Å². The Hall–Kier alpha value is -3.36. The van der Waals surface area contributed by atoms with E-state index < -0.39 is 34.6 Å². The summed E-state index contributed by atoms with van der Waals surface area (Å²) in [6, 6.07) is 1.44. The minimum Gasteiger partial charge on any atom is -0.395 e. The van der Waals surface area contributed by atoms with Gasteiger partial charge in [-0.15, -0.1) is 11.3 Å². The monoisotopic (exact) mass is 515 g/mol. The van der Waals surface area contributed by atoms with Crippen LogP contribution in [0.4, 0.5) is 24.8 Å². The summed E-state index contributed by atoms with van der Waals surface area (Å²) in [5, 5.41) is 16.4. The summed E-state index contributed by atoms with van der Waals surface area (Å²) in [5.41, 5.74) is -1.05. The molecule has 0 aliphatic rings. The Morgan fingerprint density at radius 3 is 2.59 bits per heavy atom. The molecule has 3 aromatic heterocycles. The highest BCUT2D eigenvalue weighted by atomic mass is 35.5. The third-order valence-electron chi connectivity index (χ3n) is 4.19. The van der Waals surface area contributed by atoms with Crippen LogP contribution in [0.15, 0.2) is 30.9 Å². The van der Waals surface area contributed by atoms with Crippen molar-refractivity contribution < 1.29 is 27.9 Å². The summed E-state index contributed by atoms with van der Waals surface area (Å²) >= 11 is 6.48. The van der Waals surface area contributed by atoms with Gasteiger partial charge in [-0.1, -0.05) is 11.6 Å². The second-order valence-corrected chi connectivity index (χ2v) is 8.17. The molecule has 34 heavy (non-hydrogen) atoms. The van der Waals surface area contributed by atoms with Crippen LogP contribution in [0.5, 0.6) is 0 Å². The van der Waals surface area contributed by atoms with Crippen molar-refractivity contribution in [2.45, 2.75) is 19.1 Å². The number of carbonyl (C=O) groups is 2. The van der Waals surface area contributed by atoms with Gasteiger partial charge in [-0.2, -0.15) is 13.2 Å². The van der Waals surface area contributed by atoms with Crippen molar-refractivity contribution in [1.29, 1.82) is 0 Å². The molecule has 0 radical (unpaired) electrons. The first kappa shape index (κ1) is 25.3. The molecule has 0 aliphatic carbocycles. The average molecular weight is 516 g/mol. The molecule has 15 heteroatoms. The average Bonchev–Trinajstić information content (AvgIpc) is 3.29. The molecule has 3 aromatic rings. The van der Waals surface area contributed by atoms with Crippen molar-refractivity contribution in [3.63, 3.8) is 0 Å². The van der Waals surface area contributed by atoms with Crippen molar-refractivity contribution >= 4 is 46.4 Å². The second kappa shape index (κ2) is 10.7. The number of alkyl halides is 3. The zero-order chi connectivity index (χ0) is 24.9. The molecule has 0 aliphatic heterocycles. The van der Waals surface area contributed by atoms with Gasteiger partial charge in [0, 0.05) is 18.8 Å². The van der Waals surface area contributed by atoms with Gasteiger partial charge in [-0.25, -0.2) is 19.9 Å². The fraction of sp³-hybridized carbons (Fsp3) is 0.263. The van der Waals surface area contributed by atoms with Gasteiger partial charge in [0.25, 0.3) is 11.8 Å². The molecule has 1 unspecified atom stereocenters. The van der Waals surface area contributed by atoms with Gasteiger partial charge >= 0.3 is 6.18 Å². The number of rotatable bonds is 8. The highest BCUT2D eigenvalue weighted by Crippen LogP contribution is 2.35. The molecule has 4 N–H and O–H groups in total. The van der Waals surface area contributed by atoms with Gasteiger partial charge in [0.05, 0.1) is 29.4 Å². The van der Waals surface area contributed by atoms with Crippen molar-refractivity contribution in [3.05, 3.63) is 57.0 Å². The zero-order valence-corrected chi connectivity index (χ0v) is 18.9. The molecule has 0 saturated carbocycles. The number of nitrogens with zero attached hydrogens (tertiary/aromatic N) is 4. The van der Waals surface area contributed by atoms with E-state index in [1.165, 1.54) is 18.6 Å². The van der Waals surface area contributed by atoms with E-state index in [0.717, 1.165) is 17.5 Å². The minimum atomic E-state index is -4.70. The normalized spacial score (nSPS) is 12.2. The topological polar surface area (TPSA) is 142 Å². The molecule has 1 atom stereocenters. The summed E-state index contributed by atoms with van der Waals surface area (Å²) in [6.07, 6.45) is -1.47. The van der Waals surface area contributed by atoms with Crippen molar-refractivity contribution in [3.8, 4) is 0 Å². The maximum absolute atomic E-state index is 13.0. The number of aliphatic hydroxyl groups excluding tert-OH is 1. The van der Waals surface area contributed by atoms with Crippen molar-refractivity contribution in [2.75, 3.05) is 23.8 Å². The number of nitrogens with one attached hydrogen (secondary N) is 3. The summed E-state index contributed by atoms with van der Waals surface area (Å²) < 4.78 is 39.0. The number of aromatic nitrogens is 4. The molecule has 0 aromatic carbocycles. The van der Waals surface area contributed by atoms with Gasteiger partial charge in [0.15, 0.2) is 0 Å². The fourth-order valence-corrected chi connectivity index (χ4v) is 3.62. The van der Waals surface area contributed by atoms with Crippen molar-refractivity contribution in [2.24, 2.45) is 0 Å². The van der Waals surface area contributed by atoms with Gasteiger partial charge in [-0.05, 0) is 13.0 Å². The van der Waals surface area contributed by atoms with E-state index in [-0.39, 0.29) is 29.5 Å². The Morgan fingerprint density at radius 1 is 1.12 bits per heavy atom.